The molecular formula is C12H18O9. The van der Waals surface area contributed by atoms with E-state index in [1.165, 1.54) is 6.92 Å². The van der Waals surface area contributed by atoms with E-state index in [4.69, 9.17) is 18.9 Å². The molecule has 0 amide bonds. The Morgan fingerprint density at radius 2 is 1.48 bits per heavy atom. The van der Waals surface area contributed by atoms with Crippen molar-refractivity contribution in [2.45, 2.75) is 51.5 Å². The Hall–Kier alpha value is -1.71. The molecule has 0 spiro atoms. The van der Waals surface area contributed by atoms with Crippen molar-refractivity contribution in [3.63, 3.8) is 0 Å². The van der Waals surface area contributed by atoms with Gasteiger partial charge in [0.05, 0.1) is 0 Å². The number of carbonyl (C=O) groups is 3. The van der Waals surface area contributed by atoms with Crippen LogP contribution in [0.5, 0.6) is 0 Å². The van der Waals surface area contributed by atoms with Crippen LogP contribution in [-0.4, -0.2) is 65.4 Å². The number of rotatable bonds is 4. The van der Waals surface area contributed by atoms with Crippen molar-refractivity contribution in [2.24, 2.45) is 0 Å². The van der Waals surface area contributed by atoms with Crippen LogP contribution in [0.4, 0.5) is 0 Å². The van der Waals surface area contributed by atoms with Gasteiger partial charge in [-0.1, -0.05) is 0 Å². The first-order chi connectivity index (χ1) is 9.72. The molecule has 0 bridgehead atoms. The van der Waals surface area contributed by atoms with Gasteiger partial charge < -0.3 is 29.2 Å². The normalized spacial score (nSPS) is 32.1. The molecule has 1 saturated heterocycles. The molecule has 2 N–H and O–H groups in total. The topological polar surface area (TPSA) is 129 Å². The van der Waals surface area contributed by atoms with Crippen LogP contribution in [0, 0.1) is 0 Å². The minimum Gasteiger partial charge on any atom is -0.463 e. The molecule has 9 nitrogen and oxygen atoms in total. The maximum atomic E-state index is 11.1. The minimum atomic E-state index is -1.68. The lowest BCUT2D eigenvalue weighted by Gasteiger charge is -2.41. The second-order valence-electron chi connectivity index (χ2n) is 4.51. The van der Waals surface area contributed by atoms with Crippen molar-refractivity contribution in [1.82, 2.24) is 0 Å². The molecule has 1 aliphatic heterocycles. The first-order valence-electron chi connectivity index (χ1n) is 6.21. The summed E-state index contributed by atoms with van der Waals surface area (Å²) in [7, 11) is 0. The van der Waals surface area contributed by atoms with E-state index in [2.05, 4.69) is 0 Å². The summed E-state index contributed by atoms with van der Waals surface area (Å²) < 4.78 is 19.6. The summed E-state index contributed by atoms with van der Waals surface area (Å²) in [5.41, 5.74) is 0. The van der Waals surface area contributed by atoms with Crippen LogP contribution in [0.1, 0.15) is 20.8 Å². The van der Waals surface area contributed by atoms with Gasteiger partial charge >= 0.3 is 17.9 Å². The van der Waals surface area contributed by atoms with E-state index in [1.807, 2.05) is 0 Å². The first-order valence-corrected chi connectivity index (χ1v) is 6.21. The molecule has 9 heteroatoms. The van der Waals surface area contributed by atoms with Gasteiger partial charge in [0.1, 0.15) is 18.8 Å². The Balaban J connectivity index is 2.94. The molecule has 0 aromatic rings. The van der Waals surface area contributed by atoms with Gasteiger partial charge in [-0.25, -0.2) is 0 Å². The fraction of sp³-hybridized carbons (Fsp3) is 0.750. The summed E-state index contributed by atoms with van der Waals surface area (Å²) in [6.07, 6.45) is -6.92. The average molecular weight is 306 g/mol. The third kappa shape index (κ3) is 4.96. The molecule has 0 saturated carbocycles. The monoisotopic (exact) mass is 306 g/mol. The van der Waals surface area contributed by atoms with Gasteiger partial charge in [0.25, 0.3) is 0 Å². The average Bonchev–Trinajstić information content (AvgIpc) is 2.35. The van der Waals surface area contributed by atoms with E-state index in [0.717, 1.165) is 13.8 Å². The van der Waals surface area contributed by atoms with Crippen molar-refractivity contribution >= 4 is 17.9 Å². The number of carbonyl (C=O) groups excluding carboxylic acids is 3. The van der Waals surface area contributed by atoms with E-state index in [1.54, 1.807) is 0 Å². The van der Waals surface area contributed by atoms with E-state index in [0.29, 0.717) is 0 Å². The number of hydrogen-bond donors (Lipinski definition) is 2. The zero-order valence-electron chi connectivity index (χ0n) is 11.8. The fourth-order valence-corrected chi connectivity index (χ4v) is 1.90. The zero-order valence-corrected chi connectivity index (χ0v) is 11.8. The maximum absolute atomic E-state index is 11.1. The van der Waals surface area contributed by atoms with Crippen molar-refractivity contribution in [2.75, 3.05) is 6.61 Å². The van der Waals surface area contributed by atoms with Gasteiger partial charge in [0.15, 0.2) is 18.5 Å². The van der Waals surface area contributed by atoms with Crippen molar-refractivity contribution < 1.29 is 43.5 Å². The summed E-state index contributed by atoms with van der Waals surface area (Å²) in [6.45, 7) is 3.04. The molecule has 0 unspecified atom stereocenters. The SMILES string of the molecule is CC(=O)OC[C@H]1O[C@@H](O)[C@@H](O)[C@H](OC(C)=O)[C@@H]1OC(C)=O. The van der Waals surface area contributed by atoms with Crippen LogP contribution in [0.2, 0.25) is 0 Å². The Labute approximate surface area is 120 Å². The number of ether oxygens (including phenoxy) is 4. The third-order valence-corrected chi connectivity index (χ3v) is 2.69. The molecule has 0 aromatic carbocycles. The summed E-state index contributed by atoms with van der Waals surface area (Å²) in [4.78, 5) is 33.1. The lowest BCUT2D eigenvalue weighted by atomic mass is 9.98. The van der Waals surface area contributed by atoms with Crippen LogP contribution >= 0.6 is 0 Å². The van der Waals surface area contributed by atoms with Crippen molar-refractivity contribution in [1.29, 1.82) is 0 Å². The number of hydrogen-bond acceptors (Lipinski definition) is 9. The quantitative estimate of drug-likeness (QED) is 0.470. The lowest BCUT2D eigenvalue weighted by Crippen LogP contribution is -2.61. The van der Waals surface area contributed by atoms with Crippen LogP contribution in [0.3, 0.4) is 0 Å². The Morgan fingerprint density at radius 1 is 0.952 bits per heavy atom. The largest absolute Gasteiger partial charge is 0.463 e. The molecule has 1 aliphatic rings. The zero-order chi connectivity index (χ0) is 16.2. The highest BCUT2D eigenvalue weighted by atomic mass is 16.7. The minimum absolute atomic E-state index is 0.338. The predicted octanol–water partition coefficient (Wildman–Crippen LogP) is -1.51. The molecular weight excluding hydrogens is 288 g/mol. The highest BCUT2D eigenvalue weighted by Crippen LogP contribution is 2.25. The van der Waals surface area contributed by atoms with E-state index in [9.17, 15) is 24.6 Å². The first kappa shape index (κ1) is 17.3. The third-order valence-electron chi connectivity index (χ3n) is 2.69. The van der Waals surface area contributed by atoms with Crippen molar-refractivity contribution in [3.05, 3.63) is 0 Å². The maximum Gasteiger partial charge on any atom is 0.303 e. The van der Waals surface area contributed by atoms with Gasteiger partial charge in [-0.05, 0) is 0 Å². The lowest BCUT2D eigenvalue weighted by molar-refractivity contribution is -0.293. The van der Waals surface area contributed by atoms with Crippen LogP contribution in [-0.2, 0) is 33.3 Å². The molecule has 0 aliphatic carbocycles. The highest BCUT2D eigenvalue weighted by Gasteiger charge is 2.49. The molecule has 0 aromatic heterocycles. The van der Waals surface area contributed by atoms with E-state index < -0.39 is 48.6 Å². The highest BCUT2D eigenvalue weighted by molar-refractivity contribution is 5.67. The molecule has 1 fully saturated rings. The molecule has 120 valence electrons. The summed E-state index contributed by atoms with van der Waals surface area (Å²) in [5.74, 6) is -2.06. The second-order valence-corrected chi connectivity index (χ2v) is 4.51. The van der Waals surface area contributed by atoms with Crippen molar-refractivity contribution in [3.8, 4) is 0 Å². The van der Waals surface area contributed by atoms with Gasteiger partial charge in [-0.2, -0.15) is 0 Å². The predicted molar refractivity (Wildman–Crippen MR) is 64.6 cm³/mol. The van der Waals surface area contributed by atoms with Gasteiger partial charge in [0, 0.05) is 20.8 Å². The van der Waals surface area contributed by atoms with E-state index in [-0.39, 0.29) is 6.61 Å². The molecule has 1 heterocycles. The van der Waals surface area contributed by atoms with Crippen LogP contribution < -0.4 is 0 Å². The standard InChI is InChI=1S/C12H18O9/c1-5(13)18-4-8-10(19-6(2)14)11(20-7(3)15)9(16)12(17)21-8/h8-12,16-17H,4H2,1-3H3/t8-,9+,10-,11+,12-/m1/s1. The van der Waals surface area contributed by atoms with Gasteiger partial charge in [-0.3, -0.25) is 14.4 Å². The van der Waals surface area contributed by atoms with Crippen LogP contribution in [0.15, 0.2) is 0 Å². The Bertz CT molecular complexity index is 408. The fourth-order valence-electron chi connectivity index (χ4n) is 1.90. The summed E-state index contributed by atoms with van der Waals surface area (Å²) >= 11 is 0. The Kier molecular flexibility index (Phi) is 6.06. The molecule has 0 radical (unpaired) electrons. The Morgan fingerprint density at radius 3 is 1.95 bits per heavy atom. The van der Waals surface area contributed by atoms with Gasteiger partial charge in [0.2, 0.25) is 0 Å². The second kappa shape index (κ2) is 7.34. The number of aliphatic hydroxyl groups is 2. The number of esters is 3. The van der Waals surface area contributed by atoms with E-state index >= 15 is 0 Å². The van der Waals surface area contributed by atoms with Crippen LogP contribution in [0.25, 0.3) is 0 Å². The van der Waals surface area contributed by atoms with Gasteiger partial charge in [-0.15, -0.1) is 0 Å². The smallest absolute Gasteiger partial charge is 0.303 e. The molecule has 21 heavy (non-hydrogen) atoms. The molecule has 1 rings (SSSR count). The summed E-state index contributed by atoms with van der Waals surface area (Å²) in [5, 5.41) is 19.4. The number of aliphatic hydroxyl groups excluding tert-OH is 2. The summed E-state index contributed by atoms with van der Waals surface area (Å²) in [6, 6.07) is 0. The molecule has 5 atom stereocenters.